The summed E-state index contributed by atoms with van der Waals surface area (Å²) in [4.78, 5) is 14.9. The zero-order valence-corrected chi connectivity index (χ0v) is 11.6. The summed E-state index contributed by atoms with van der Waals surface area (Å²) in [5.41, 5.74) is 0.463. The zero-order chi connectivity index (χ0) is 13.1. The summed E-state index contributed by atoms with van der Waals surface area (Å²) in [7, 11) is 0. The van der Waals surface area contributed by atoms with Crippen LogP contribution < -0.4 is 0 Å². The van der Waals surface area contributed by atoms with E-state index in [1.54, 1.807) is 23.1 Å². The van der Waals surface area contributed by atoms with Crippen molar-refractivity contribution in [2.24, 2.45) is 0 Å². The van der Waals surface area contributed by atoms with Crippen molar-refractivity contribution < 1.29 is 9.90 Å². The summed E-state index contributed by atoms with van der Waals surface area (Å²) in [6, 6.07) is 5.35. The number of hydrogen-bond donors (Lipinski definition) is 2. The Hall–Kier alpha value is -0.710. The summed E-state index contributed by atoms with van der Waals surface area (Å²) < 4.78 is 0. The summed E-state index contributed by atoms with van der Waals surface area (Å²) in [6.07, 6.45) is 3.15. The molecule has 1 aliphatic carbocycles. The first-order valence-corrected chi connectivity index (χ1v) is 6.86. The molecule has 3 nitrogen and oxygen atoms in total. The molecule has 0 unspecified atom stereocenters. The highest BCUT2D eigenvalue weighted by molar-refractivity contribution is 7.80. The van der Waals surface area contributed by atoms with E-state index < -0.39 is 0 Å². The quantitative estimate of drug-likeness (QED) is 0.835. The van der Waals surface area contributed by atoms with E-state index in [-0.39, 0.29) is 18.6 Å². The highest BCUT2D eigenvalue weighted by Gasteiger charge is 2.29. The van der Waals surface area contributed by atoms with Crippen LogP contribution >= 0.6 is 24.2 Å². The van der Waals surface area contributed by atoms with Crippen LogP contribution in [0.25, 0.3) is 0 Å². The van der Waals surface area contributed by atoms with E-state index in [0.717, 1.165) is 19.3 Å². The van der Waals surface area contributed by atoms with Gasteiger partial charge in [-0.2, -0.15) is 0 Å². The average molecular weight is 286 g/mol. The van der Waals surface area contributed by atoms with Crippen LogP contribution in [-0.2, 0) is 0 Å². The van der Waals surface area contributed by atoms with Gasteiger partial charge < -0.3 is 10.0 Å². The number of thiol groups is 1. The predicted molar refractivity (Wildman–Crippen MR) is 74.5 cm³/mol. The van der Waals surface area contributed by atoms with Crippen LogP contribution in [0.15, 0.2) is 23.1 Å². The van der Waals surface area contributed by atoms with Crippen molar-refractivity contribution in [3.63, 3.8) is 0 Å². The van der Waals surface area contributed by atoms with Gasteiger partial charge in [0.1, 0.15) is 0 Å². The standard InChI is InChI=1S/C13H16ClNO2S/c14-12-5-4-10(18)8-11(12)13(17)15(6-7-16)9-2-1-3-9/h4-5,8-9,16,18H,1-3,6-7H2. The van der Waals surface area contributed by atoms with Crippen molar-refractivity contribution in [3.8, 4) is 0 Å². The Morgan fingerprint density at radius 2 is 2.22 bits per heavy atom. The van der Waals surface area contributed by atoms with Crippen LogP contribution in [-0.4, -0.2) is 35.1 Å². The normalized spacial score (nSPS) is 15.3. The third-order valence-corrected chi connectivity index (χ3v) is 3.91. The van der Waals surface area contributed by atoms with Crippen molar-refractivity contribution in [1.82, 2.24) is 4.90 Å². The lowest BCUT2D eigenvalue weighted by atomic mass is 9.91. The van der Waals surface area contributed by atoms with E-state index in [2.05, 4.69) is 12.6 Å². The predicted octanol–water partition coefficient (Wildman–Crippen LogP) is 2.62. The molecule has 1 fully saturated rings. The van der Waals surface area contributed by atoms with E-state index in [9.17, 15) is 4.79 Å². The second kappa shape index (κ2) is 5.95. The Balaban J connectivity index is 2.23. The number of aliphatic hydroxyl groups is 1. The number of aliphatic hydroxyl groups excluding tert-OH is 1. The van der Waals surface area contributed by atoms with E-state index in [0.29, 0.717) is 22.0 Å². The number of carbonyl (C=O) groups excluding carboxylic acids is 1. The molecule has 1 aromatic carbocycles. The molecule has 2 rings (SSSR count). The topological polar surface area (TPSA) is 40.5 Å². The highest BCUT2D eigenvalue weighted by atomic mass is 35.5. The number of rotatable bonds is 4. The lowest BCUT2D eigenvalue weighted by Crippen LogP contribution is -2.45. The van der Waals surface area contributed by atoms with Crippen LogP contribution in [0.3, 0.4) is 0 Å². The van der Waals surface area contributed by atoms with Crippen LogP contribution in [0, 0.1) is 0 Å². The van der Waals surface area contributed by atoms with Gasteiger partial charge in [0.2, 0.25) is 0 Å². The molecule has 0 atom stereocenters. The van der Waals surface area contributed by atoms with Crippen molar-refractivity contribution >= 4 is 30.1 Å². The van der Waals surface area contributed by atoms with Gasteiger partial charge in [-0.05, 0) is 37.5 Å². The van der Waals surface area contributed by atoms with Gasteiger partial charge in [0.15, 0.2) is 0 Å². The Morgan fingerprint density at radius 1 is 1.50 bits per heavy atom. The van der Waals surface area contributed by atoms with Gasteiger partial charge >= 0.3 is 0 Å². The smallest absolute Gasteiger partial charge is 0.255 e. The third kappa shape index (κ3) is 2.82. The first kappa shape index (κ1) is 13.7. The first-order valence-electron chi connectivity index (χ1n) is 6.04. The Morgan fingerprint density at radius 3 is 2.78 bits per heavy atom. The second-order valence-corrected chi connectivity index (χ2v) is 5.39. The minimum Gasteiger partial charge on any atom is -0.395 e. The van der Waals surface area contributed by atoms with Crippen LogP contribution in [0.1, 0.15) is 29.6 Å². The van der Waals surface area contributed by atoms with Crippen LogP contribution in [0.5, 0.6) is 0 Å². The van der Waals surface area contributed by atoms with E-state index in [4.69, 9.17) is 16.7 Å². The summed E-state index contributed by atoms with van der Waals surface area (Å²) in [6.45, 7) is 0.330. The molecular weight excluding hydrogens is 270 g/mol. The number of amides is 1. The van der Waals surface area contributed by atoms with Crippen LogP contribution in [0.4, 0.5) is 0 Å². The Kier molecular flexibility index (Phi) is 4.54. The largest absolute Gasteiger partial charge is 0.395 e. The van der Waals surface area contributed by atoms with Gasteiger partial charge in [-0.3, -0.25) is 4.79 Å². The fourth-order valence-electron chi connectivity index (χ4n) is 2.09. The second-order valence-electron chi connectivity index (χ2n) is 4.47. The molecule has 1 saturated carbocycles. The molecule has 18 heavy (non-hydrogen) atoms. The van der Waals surface area contributed by atoms with Gasteiger partial charge in [-0.25, -0.2) is 0 Å². The maximum atomic E-state index is 12.4. The van der Waals surface area contributed by atoms with E-state index in [1.165, 1.54) is 0 Å². The number of benzene rings is 1. The Labute approximate surface area is 117 Å². The van der Waals surface area contributed by atoms with Crippen LogP contribution in [0.2, 0.25) is 5.02 Å². The molecule has 0 spiro atoms. The minimum atomic E-state index is -0.116. The third-order valence-electron chi connectivity index (χ3n) is 3.30. The fraction of sp³-hybridized carbons (Fsp3) is 0.462. The molecule has 1 aliphatic rings. The molecule has 0 heterocycles. The summed E-state index contributed by atoms with van der Waals surface area (Å²) >= 11 is 10.3. The van der Waals surface area contributed by atoms with Gasteiger partial charge in [-0.1, -0.05) is 11.6 Å². The molecule has 1 amide bonds. The molecule has 0 saturated heterocycles. The monoisotopic (exact) mass is 285 g/mol. The fourth-order valence-corrected chi connectivity index (χ4v) is 2.49. The maximum absolute atomic E-state index is 12.4. The molecule has 0 aliphatic heterocycles. The Bertz CT molecular complexity index is 449. The van der Waals surface area contributed by atoms with Gasteiger partial charge in [-0.15, -0.1) is 12.6 Å². The van der Waals surface area contributed by atoms with Crippen molar-refractivity contribution in [2.45, 2.75) is 30.2 Å². The van der Waals surface area contributed by atoms with E-state index in [1.807, 2.05) is 0 Å². The lowest BCUT2D eigenvalue weighted by Gasteiger charge is -2.37. The molecule has 1 aromatic rings. The lowest BCUT2D eigenvalue weighted by molar-refractivity contribution is 0.0525. The molecule has 0 bridgehead atoms. The molecule has 5 heteroatoms. The number of nitrogens with zero attached hydrogens (tertiary/aromatic N) is 1. The van der Waals surface area contributed by atoms with Gasteiger partial charge in [0.25, 0.3) is 5.91 Å². The molecule has 0 aromatic heterocycles. The SMILES string of the molecule is O=C(c1cc(S)ccc1Cl)N(CCO)C1CCC1. The summed E-state index contributed by atoms with van der Waals surface area (Å²) in [5, 5.41) is 9.51. The van der Waals surface area contributed by atoms with Crippen molar-refractivity contribution in [2.75, 3.05) is 13.2 Å². The van der Waals surface area contributed by atoms with E-state index >= 15 is 0 Å². The molecule has 98 valence electrons. The highest BCUT2D eigenvalue weighted by Crippen LogP contribution is 2.28. The molecule has 1 N–H and O–H groups in total. The maximum Gasteiger partial charge on any atom is 0.255 e. The van der Waals surface area contributed by atoms with Crippen molar-refractivity contribution in [1.29, 1.82) is 0 Å². The number of hydrogen-bond acceptors (Lipinski definition) is 3. The minimum absolute atomic E-state index is 0.0274. The first-order chi connectivity index (χ1) is 8.63. The molecular formula is C13H16ClNO2S. The van der Waals surface area contributed by atoms with Crippen molar-refractivity contribution in [3.05, 3.63) is 28.8 Å². The van der Waals surface area contributed by atoms with Gasteiger partial charge in [0.05, 0.1) is 17.2 Å². The zero-order valence-electron chi connectivity index (χ0n) is 9.97. The number of halogens is 1. The van der Waals surface area contributed by atoms with Gasteiger partial charge in [0, 0.05) is 17.5 Å². The average Bonchev–Trinajstić information content (AvgIpc) is 2.28. The number of carbonyl (C=O) groups is 1. The summed E-state index contributed by atoms with van der Waals surface area (Å²) in [5.74, 6) is -0.116. The molecule has 0 radical (unpaired) electrons.